The van der Waals surface area contributed by atoms with Gasteiger partial charge in [-0.3, -0.25) is 14.6 Å². The first-order valence-electron chi connectivity index (χ1n) is 9.85. The van der Waals surface area contributed by atoms with Crippen molar-refractivity contribution >= 4 is 17.5 Å². The van der Waals surface area contributed by atoms with Crippen LogP contribution < -0.4 is 4.90 Å². The van der Waals surface area contributed by atoms with E-state index in [1.54, 1.807) is 23.4 Å². The number of carbonyl (C=O) groups is 2. The molecule has 1 atom stereocenters. The summed E-state index contributed by atoms with van der Waals surface area (Å²) >= 11 is 0. The quantitative estimate of drug-likeness (QED) is 0.836. The van der Waals surface area contributed by atoms with Crippen molar-refractivity contribution < 1.29 is 9.59 Å². The van der Waals surface area contributed by atoms with Crippen molar-refractivity contribution in [1.29, 1.82) is 0 Å². The van der Waals surface area contributed by atoms with Crippen molar-refractivity contribution in [2.45, 2.75) is 45.1 Å². The predicted molar refractivity (Wildman–Crippen MR) is 105 cm³/mol. The first-order valence-corrected chi connectivity index (χ1v) is 9.85. The van der Waals surface area contributed by atoms with Crippen LogP contribution in [0.25, 0.3) is 0 Å². The van der Waals surface area contributed by atoms with Gasteiger partial charge in [-0.25, -0.2) is 0 Å². The van der Waals surface area contributed by atoms with Crippen molar-refractivity contribution in [2.75, 3.05) is 18.0 Å². The number of benzene rings is 1. The van der Waals surface area contributed by atoms with Crippen molar-refractivity contribution in [3.05, 3.63) is 59.4 Å². The van der Waals surface area contributed by atoms with Crippen LogP contribution in [0.2, 0.25) is 0 Å². The monoisotopic (exact) mass is 363 g/mol. The summed E-state index contributed by atoms with van der Waals surface area (Å²) in [6.07, 6.45) is 8.24. The Balaban J connectivity index is 1.58. The van der Waals surface area contributed by atoms with Gasteiger partial charge in [0.1, 0.15) is 0 Å². The van der Waals surface area contributed by atoms with E-state index in [0.717, 1.165) is 37.9 Å². The Morgan fingerprint density at radius 2 is 1.85 bits per heavy atom. The van der Waals surface area contributed by atoms with E-state index in [1.807, 2.05) is 23.1 Å². The number of anilines is 1. The highest BCUT2D eigenvalue weighted by Gasteiger charge is 2.28. The van der Waals surface area contributed by atoms with E-state index in [-0.39, 0.29) is 17.9 Å². The van der Waals surface area contributed by atoms with Crippen LogP contribution in [0.4, 0.5) is 5.69 Å². The number of carbonyl (C=O) groups excluding carboxylic acids is 2. The van der Waals surface area contributed by atoms with Gasteiger partial charge in [0.2, 0.25) is 0 Å². The fourth-order valence-corrected chi connectivity index (χ4v) is 4.24. The molecule has 1 fully saturated rings. The molecule has 3 heterocycles. The molecule has 140 valence electrons. The van der Waals surface area contributed by atoms with Crippen LogP contribution in [0.15, 0.2) is 42.7 Å². The Morgan fingerprint density at radius 1 is 1.07 bits per heavy atom. The van der Waals surface area contributed by atoms with Gasteiger partial charge in [0.15, 0.2) is 0 Å². The number of likely N-dealkylation sites (tertiary alicyclic amines) is 1. The van der Waals surface area contributed by atoms with Crippen LogP contribution in [0.1, 0.15) is 58.9 Å². The van der Waals surface area contributed by atoms with Crippen molar-refractivity contribution in [3.8, 4) is 0 Å². The zero-order valence-corrected chi connectivity index (χ0v) is 15.7. The molecule has 1 unspecified atom stereocenters. The number of hydrogen-bond donors (Lipinski definition) is 0. The van der Waals surface area contributed by atoms with Crippen molar-refractivity contribution in [3.63, 3.8) is 0 Å². The van der Waals surface area contributed by atoms with E-state index in [9.17, 15) is 9.59 Å². The molecule has 2 aliphatic rings. The van der Waals surface area contributed by atoms with Gasteiger partial charge >= 0.3 is 0 Å². The molecule has 27 heavy (non-hydrogen) atoms. The normalized spacial score (nSPS) is 19.1. The number of nitrogens with zero attached hydrogens (tertiary/aromatic N) is 3. The van der Waals surface area contributed by atoms with Gasteiger partial charge in [-0.05, 0) is 49.8 Å². The number of aromatic nitrogens is 1. The van der Waals surface area contributed by atoms with Gasteiger partial charge in [-0.1, -0.05) is 25.1 Å². The van der Waals surface area contributed by atoms with Gasteiger partial charge in [-0.15, -0.1) is 0 Å². The minimum absolute atomic E-state index is 0.00878. The number of rotatable bonds is 3. The van der Waals surface area contributed by atoms with Crippen molar-refractivity contribution in [1.82, 2.24) is 9.88 Å². The molecular weight excluding hydrogens is 338 g/mol. The Labute approximate surface area is 160 Å². The summed E-state index contributed by atoms with van der Waals surface area (Å²) in [4.78, 5) is 34.0. The third kappa shape index (κ3) is 3.34. The molecule has 1 aromatic heterocycles. The average molecular weight is 363 g/mol. The summed E-state index contributed by atoms with van der Waals surface area (Å²) in [5.74, 6) is -0.0988. The third-order valence-corrected chi connectivity index (χ3v) is 5.72. The van der Waals surface area contributed by atoms with Gasteiger partial charge in [0.05, 0.1) is 11.1 Å². The number of para-hydroxylation sites is 1. The first-order chi connectivity index (χ1) is 13.2. The molecule has 2 aromatic rings. The van der Waals surface area contributed by atoms with E-state index in [2.05, 4.69) is 18.0 Å². The molecule has 2 amide bonds. The van der Waals surface area contributed by atoms with Gasteiger partial charge < -0.3 is 9.80 Å². The minimum atomic E-state index is -0.0900. The van der Waals surface area contributed by atoms with Crippen LogP contribution in [0, 0.1) is 0 Å². The molecular formula is C22H25N3O2. The molecule has 1 saturated heterocycles. The molecule has 0 N–H and O–H groups in total. The summed E-state index contributed by atoms with van der Waals surface area (Å²) in [5.41, 5.74) is 3.13. The molecule has 0 aliphatic carbocycles. The van der Waals surface area contributed by atoms with E-state index in [1.165, 1.54) is 12.0 Å². The molecule has 0 saturated carbocycles. The predicted octanol–water partition coefficient (Wildman–Crippen LogP) is 3.69. The maximum absolute atomic E-state index is 13.0. The molecule has 5 heteroatoms. The molecule has 0 bridgehead atoms. The Hall–Kier alpha value is -2.69. The molecule has 0 spiro atoms. The fraction of sp³-hybridized carbons (Fsp3) is 0.409. The number of hydrogen-bond acceptors (Lipinski definition) is 3. The Morgan fingerprint density at radius 3 is 2.67 bits per heavy atom. The summed E-state index contributed by atoms with van der Waals surface area (Å²) in [7, 11) is 0. The smallest absolute Gasteiger partial charge is 0.259 e. The topological polar surface area (TPSA) is 53.5 Å². The number of piperidine rings is 1. The highest BCUT2D eigenvalue weighted by molar-refractivity contribution is 6.08. The SMILES string of the molecule is CCC1CCCCN1C(=O)c1cncc(C(=O)N2CCc3ccccc32)c1. The molecule has 0 radical (unpaired) electrons. The van der Waals surface area contributed by atoms with E-state index < -0.39 is 0 Å². The van der Waals surface area contributed by atoms with Crippen LogP contribution >= 0.6 is 0 Å². The highest BCUT2D eigenvalue weighted by Crippen LogP contribution is 2.29. The average Bonchev–Trinajstić information content (AvgIpc) is 3.17. The molecule has 1 aromatic carbocycles. The van der Waals surface area contributed by atoms with Gasteiger partial charge in [0.25, 0.3) is 11.8 Å². The molecule has 2 aliphatic heterocycles. The maximum Gasteiger partial charge on any atom is 0.259 e. The zero-order valence-electron chi connectivity index (χ0n) is 15.7. The summed E-state index contributed by atoms with van der Waals surface area (Å²) in [6, 6.07) is 9.97. The first kappa shape index (κ1) is 17.7. The molecule has 5 nitrogen and oxygen atoms in total. The van der Waals surface area contributed by atoms with Gasteiger partial charge in [-0.2, -0.15) is 0 Å². The van der Waals surface area contributed by atoms with Gasteiger partial charge in [0, 0.05) is 37.2 Å². The van der Waals surface area contributed by atoms with E-state index >= 15 is 0 Å². The lowest BCUT2D eigenvalue weighted by Crippen LogP contribution is -2.43. The lowest BCUT2D eigenvalue weighted by molar-refractivity contribution is 0.0607. The van der Waals surface area contributed by atoms with Crippen molar-refractivity contribution in [2.24, 2.45) is 0 Å². The summed E-state index contributed by atoms with van der Waals surface area (Å²) in [5, 5.41) is 0. The third-order valence-electron chi connectivity index (χ3n) is 5.72. The zero-order chi connectivity index (χ0) is 18.8. The van der Waals surface area contributed by atoms with Crippen LogP contribution in [-0.4, -0.2) is 40.8 Å². The Kier molecular flexibility index (Phi) is 4.92. The van der Waals surface area contributed by atoms with Crippen LogP contribution in [0.3, 0.4) is 0 Å². The largest absolute Gasteiger partial charge is 0.336 e. The Bertz CT molecular complexity index is 864. The second kappa shape index (κ2) is 7.51. The van der Waals surface area contributed by atoms with Crippen LogP contribution in [0.5, 0.6) is 0 Å². The fourth-order valence-electron chi connectivity index (χ4n) is 4.24. The highest BCUT2D eigenvalue weighted by atomic mass is 16.2. The standard InChI is InChI=1S/C22H25N3O2/c1-2-19-8-5-6-11-24(19)21(26)17-13-18(15-23-14-17)22(27)25-12-10-16-7-3-4-9-20(16)25/h3-4,7,9,13-15,19H,2,5-6,8,10-12H2,1H3. The number of fused-ring (bicyclic) bond motifs is 1. The summed E-state index contributed by atoms with van der Waals surface area (Å²) < 4.78 is 0. The minimum Gasteiger partial charge on any atom is -0.336 e. The lowest BCUT2D eigenvalue weighted by Gasteiger charge is -2.35. The van der Waals surface area contributed by atoms with Crippen LogP contribution in [-0.2, 0) is 6.42 Å². The van der Waals surface area contributed by atoms with E-state index in [4.69, 9.17) is 0 Å². The maximum atomic E-state index is 13.0. The second-order valence-corrected chi connectivity index (χ2v) is 7.35. The second-order valence-electron chi connectivity index (χ2n) is 7.35. The number of amides is 2. The van der Waals surface area contributed by atoms with E-state index in [0.29, 0.717) is 17.7 Å². The number of pyridine rings is 1. The summed E-state index contributed by atoms with van der Waals surface area (Å²) in [6.45, 7) is 3.58. The lowest BCUT2D eigenvalue weighted by atomic mass is 9.99. The molecule has 4 rings (SSSR count).